The summed E-state index contributed by atoms with van der Waals surface area (Å²) in [5.74, 6) is -0.0856. The second-order valence-corrected chi connectivity index (χ2v) is 7.37. The number of aryl methyl sites for hydroxylation is 1. The van der Waals surface area contributed by atoms with Gasteiger partial charge in [-0.2, -0.15) is 18.3 Å². The highest BCUT2D eigenvalue weighted by atomic mass is 19.4. The summed E-state index contributed by atoms with van der Waals surface area (Å²) in [6, 6.07) is 2.28. The summed E-state index contributed by atoms with van der Waals surface area (Å²) in [4.78, 5) is 18.9. The third-order valence-corrected chi connectivity index (χ3v) is 5.48. The Kier molecular flexibility index (Phi) is 5.03. The second kappa shape index (κ2) is 7.35. The molecule has 0 aliphatic carbocycles. The minimum Gasteiger partial charge on any atom is -0.368 e. The van der Waals surface area contributed by atoms with E-state index in [1.807, 2.05) is 0 Å². The lowest BCUT2D eigenvalue weighted by Crippen LogP contribution is -2.44. The standard InChI is InChI=1S/C19H23F3N4O2/c1-2-12-10-16(19(20,21)22)26-17(23-12)11-13(24-26)14-6-3-4-8-25(14)18(27)15-7-5-9-28-15/h10-11,14-15H,2-9H2,1H3. The van der Waals surface area contributed by atoms with E-state index in [1.165, 1.54) is 0 Å². The molecule has 2 aromatic rings. The van der Waals surface area contributed by atoms with Crippen molar-refractivity contribution < 1.29 is 22.7 Å². The van der Waals surface area contributed by atoms with Gasteiger partial charge in [-0.1, -0.05) is 6.92 Å². The van der Waals surface area contributed by atoms with Crippen molar-refractivity contribution in [2.24, 2.45) is 0 Å². The van der Waals surface area contributed by atoms with E-state index in [1.54, 1.807) is 17.9 Å². The van der Waals surface area contributed by atoms with Crippen LogP contribution in [0.4, 0.5) is 13.2 Å². The van der Waals surface area contributed by atoms with Crippen molar-refractivity contribution in [2.75, 3.05) is 13.2 Å². The lowest BCUT2D eigenvalue weighted by molar-refractivity contribution is -0.145. The molecule has 4 heterocycles. The van der Waals surface area contributed by atoms with Gasteiger partial charge >= 0.3 is 6.18 Å². The lowest BCUT2D eigenvalue weighted by Gasteiger charge is -2.36. The predicted octanol–water partition coefficient (Wildman–Crippen LogP) is 3.54. The van der Waals surface area contributed by atoms with Gasteiger partial charge in [0.2, 0.25) is 0 Å². The van der Waals surface area contributed by atoms with Crippen molar-refractivity contribution in [3.8, 4) is 0 Å². The van der Waals surface area contributed by atoms with E-state index >= 15 is 0 Å². The van der Waals surface area contributed by atoms with Crippen LogP contribution in [0.5, 0.6) is 0 Å². The number of piperidine rings is 1. The monoisotopic (exact) mass is 396 g/mol. The van der Waals surface area contributed by atoms with Gasteiger partial charge in [-0.05, 0) is 44.6 Å². The minimum absolute atomic E-state index is 0.0856. The van der Waals surface area contributed by atoms with Gasteiger partial charge in [0.25, 0.3) is 5.91 Å². The van der Waals surface area contributed by atoms with Gasteiger partial charge in [-0.3, -0.25) is 4.79 Å². The molecule has 2 atom stereocenters. The number of hydrogen-bond donors (Lipinski definition) is 0. The zero-order valence-electron chi connectivity index (χ0n) is 15.7. The van der Waals surface area contributed by atoms with E-state index in [0.717, 1.165) is 29.8 Å². The van der Waals surface area contributed by atoms with Crippen LogP contribution in [-0.2, 0) is 22.1 Å². The number of amides is 1. The Balaban J connectivity index is 1.73. The molecule has 0 N–H and O–H groups in total. The van der Waals surface area contributed by atoms with Crippen LogP contribution in [0.25, 0.3) is 5.65 Å². The maximum atomic E-state index is 13.5. The number of alkyl halides is 3. The SMILES string of the molecule is CCc1cc(C(F)(F)F)n2nc(C3CCCCN3C(=O)C3CCCO3)cc2n1. The molecule has 2 aliphatic heterocycles. The Morgan fingerprint density at radius 2 is 2.07 bits per heavy atom. The Bertz CT molecular complexity index is 874. The summed E-state index contributed by atoms with van der Waals surface area (Å²) < 4.78 is 47.0. The molecule has 2 unspecified atom stereocenters. The van der Waals surface area contributed by atoms with Gasteiger partial charge in [0, 0.05) is 24.9 Å². The second-order valence-electron chi connectivity index (χ2n) is 7.37. The molecule has 6 nitrogen and oxygen atoms in total. The molecule has 0 radical (unpaired) electrons. The number of aromatic nitrogens is 3. The molecule has 0 bridgehead atoms. The van der Waals surface area contributed by atoms with E-state index in [0.29, 0.717) is 43.8 Å². The van der Waals surface area contributed by atoms with Crippen LogP contribution in [0.2, 0.25) is 0 Å². The van der Waals surface area contributed by atoms with E-state index in [-0.39, 0.29) is 17.6 Å². The number of rotatable bonds is 3. The van der Waals surface area contributed by atoms with Crippen molar-refractivity contribution in [2.45, 2.75) is 63.8 Å². The van der Waals surface area contributed by atoms with Crippen LogP contribution in [-0.4, -0.2) is 44.7 Å². The molecule has 2 aromatic heterocycles. The summed E-state index contributed by atoms with van der Waals surface area (Å²) in [6.45, 7) is 2.90. The summed E-state index contributed by atoms with van der Waals surface area (Å²) in [5, 5.41) is 4.24. The van der Waals surface area contributed by atoms with E-state index in [9.17, 15) is 18.0 Å². The molecule has 2 aliphatic rings. The number of carbonyl (C=O) groups is 1. The normalized spacial score (nSPS) is 23.5. The predicted molar refractivity (Wildman–Crippen MR) is 94.6 cm³/mol. The highest BCUT2D eigenvalue weighted by molar-refractivity contribution is 5.81. The summed E-state index contributed by atoms with van der Waals surface area (Å²) in [6.07, 6.45) is -0.615. The van der Waals surface area contributed by atoms with Crippen molar-refractivity contribution in [3.63, 3.8) is 0 Å². The number of carbonyl (C=O) groups excluding carboxylic acids is 1. The van der Waals surface area contributed by atoms with Crippen molar-refractivity contribution >= 4 is 11.6 Å². The Labute approximate surface area is 160 Å². The first-order valence-electron chi connectivity index (χ1n) is 9.77. The fourth-order valence-electron chi connectivity index (χ4n) is 4.05. The third-order valence-electron chi connectivity index (χ3n) is 5.48. The average molecular weight is 396 g/mol. The van der Waals surface area contributed by atoms with Crippen LogP contribution < -0.4 is 0 Å². The van der Waals surface area contributed by atoms with Crippen molar-refractivity contribution in [1.29, 1.82) is 0 Å². The zero-order valence-corrected chi connectivity index (χ0v) is 15.7. The summed E-state index contributed by atoms with van der Waals surface area (Å²) >= 11 is 0. The summed E-state index contributed by atoms with van der Waals surface area (Å²) in [5.41, 5.74) is 0.143. The number of nitrogens with zero attached hydrogens (tertiary/aromatic N) is 4. The molecule has 0 spiro atoms. The van der Waals surface area contributed by atoms with E-state index < -0.39 is 18.0 Å². The number of ether oxygens (including phenoxy) is 1. The Morgan fingerprint density at radius 3 is 2.75 bits per heavy atom. The summed E-state index contributed by atoms with van der Waals surface area (Å²) in [7, 11) is 0. The molecule has 2 fully saturated rings. The minimum atomic E-state index is -4.53. The van der Waals surface area contributed by atoms with Gasteiger partial charge in [-0.15, -0.1) is 0 Å². The number of likely N-dealkylation sites (tertiary alicyclic amines) is 1. The third kappa shape index (κ3) is 3.47. The maximum Gasteiger partial charge on any atom is 0.433 e. The largest absolute Gasteiger partial charge is 0.433 e. The quantitative estimate of drug-likeness (QED) is 0.796. The average Bonchev–Trinajstić information content (AvgIpc) is 3.35. The Morgan fingerprint density at radius 1 is 1.25 bits per heavy atom. The fraction of sp³-hybridized carbons (Fsp3) is 0.632. The van der Waals surface area contributed by atoms with Crippen LogP contribution in [0.15, 0.2) is 12.1 Å². The van der Waals surface area contributed by atoms with Crippen molar-refractivity contribution in [3.05, 3.63) is 29.2 Å². The van der Waals surface area contributed by atoms with E-state index in [2.05, 4.69) is 10.1 Å². The molecule has 2 saturated heterocycles. The molecule has 4 rings (SSSR count). The highest BCUT2D eigenvalue weighted by Crippen LogP contribution is 2.35. The van der Waals surface area contributed by atoms with Gasteiger partial charge in [0.05, 0.1) is 11.7 Å². The van der Waals surface area contributed by atoms with Crippen molar-refractivity contribution in [1.82, 2.24) is 19.5 Å². The molecule has 28 heavy (non-hydrogen) atoms. The zero-order chi connectivity index (χ0) is 19.9. The lowest BCUT2D eigenvalue weighted by atomic mass is 9.98. The smallest absolute Gasteiger partial charge is 0.368 e. The van der Waals surface area contributed by atoms with Gasteiger partial charge in [-0.25, -0.2) is 9.50 Å². The molecule has 1 amide bonds. The van der Waals surface area contributed by atoms with Gasteiger partial charge < -0.3 is 9.64 Å². The number of fused-ring (bicyclic) bond motifs is 1. The van der Waals surface area contributed by atoms with Gasteiger partial charge in [0.1, 0.15) is 11.8 Å². The highest BCUT2D eigenvalue weighted by Gasteiger charge is 2.38. The van der Waals surface area contributed by atoms with E-state index in [4.69, 9.17) is 4.74 Å². The van der Waals surface area contributed by atoms with Crippen LogP contribution in [0.3, 0.4) is 0 Å². The maximum absolute atomic E-state index is 13.5. The molecular weight excluding hydrogens is 373 g/mol. The first-order valence-corrected chi connectivity index (χ1v) is 9.77. The van der Waals surface area contributed by atoms with Gasteiger partial charge in [0.15, 0.2) is 5.65 Å². The number of halogens is 3. The first kappa shape index (κ1) is 19.2. The number of hydrogen-bond acceptors (Lipinski definition) is 4. The molecule has 0 aromatic carbocycles. The first-order chi connectivity index (χ1) is 13.4. The fourth-order valence-corrected chi connectivity index (χ4v) is 4.05. The molecule has 0 saturated carbocycles. The van der Waals surface area contributed by atoms with Crippen LogP contribution >= 0.6 is 0 Å². The molecular formula is C19H23F3N4O2. The molecule has 9 heteroatoms. The molecule has 152 valence electrons. The van der Waals surface area contributed by atoms with Crippen LogP contribution in [0.1, 0.15) is 62.2 Å². The topological polar surface area (TPSA) is 59.7 Å². The Hall–Kier alpha value is -2.16. The van der Waals surface area contributed by atoms with Crippen LogP contribution in [0, 0.1) is 0 Å².